The van der Waals surface area contributed by atoms with Gasteiger partial charge in [0.15, 0.2) is 0 Å². The number of hydrogen-bond acceptors (Lipinski definition) is 2. The molecule has 1 aliphatic carbocycles. The number of carbonyl (C=O) groups excluding carboxylic acids is 1. The molecule has 1 aromatic rings. The Morgan fingerprint density at radius 2 is 2.05 bits per heavy atom. The summed E-state index contributed by atoms with van der Waals surface area (Å²) < 4.78 is 13.3. The van der Waals surface area contributed by atoms with Crippen LogP contribution in [-0.4, -0.2) is 34.5 Å². The maximum atomic E-state index is 13.3. The van der Waals surface area contributed by atoms with E-state index in [1.54, 1.807) is 17.9 Å². The van der Waals surface area contributed by atoms with Gasteiger partial charge in [-0.15, -0.1) is 0 Å². The SMILES string of the molecule is CC(CN(C(=O)c1cccc(F)c1)C1CCCC1)C(=O)O. The van der Waals surface area contributed by atoms with E-state index in [0.717, 1.165) is 25.7 Å². The summed E-state index contributed by atoms with van der Waals surface area (Å²) in [6.07, 6.45) is 3.85. The molecule has 1 fully saturated rings. The Morgan fingerprint density at radius 3 is 2.62 bits per heavy atom. The van der Waals surface area contributed by atoms with Crippen molar-refractivity contribution in [2.45, 2.75) is 38.6 Å². The quantitative estimate of drug-likeness (QED) is 0.908. The summed E-state index contributed by atoms with van der Waals surface area (Å²) in [4.78, 5) is 25.3. The number of halogens is 1. The lowest BCUT2D eigenvalue weighted by atomic mass is 10.1. The Hall–Kier alpha value is -1.91. The molecule has 0 aliphatic heterocycles. The van der Waals surface area contributed by atoms with Gasteiger partial charge in [0.25, 0.3) is 5.91 Å². The van der Waals surface area contributed by atoms with Gasteiger partial charge in [0.05, 0.1) is 5.92 Å². The van der Waals surface area contributed by atoms with Crippen LogP contribution < -0.4 is 0 Å². The highest BCUT2D eigenvalue weighted by Crippen LogP contribution is 2.26. The fourth-order valence-corrected chi connectivity index (χ4v) is 2.77. The van der Waals surface area contributed by atoms with E-state index in [4.69, 9.17) is 5.11 Å². The van der Waals surface area contributed by atoms with Gasteiger partial charge in [-0.05, 0) is 31.0 Å². The van der Waals surface area contributed by atoms with Gasteiger partial charge in [0.1, 0.15) is 5.82 Å². The molecule has 1 atom stereocenters. The second-order valence-electron chi connectivity index (χ2n) is 5.65. The number of nitrogens with zero attached hydrogens (tertiary/aromatic N) is 1. The minimum Gasteiger partial charge on any atom is -0.481 e. The van der Waals surface area contributed by atoms with Gasteiger partial charge in [-0.25, -0.2) is 4.39 Å². The van der Waals surface area contributed by atoms with Crippen molar-refractivity contribution in [2.75, 3.05) is 6.54 Å². The number of carboxylic acids is 1. The van der Waals surface area contributed by atoms with E-state index in [-0.39, 0.29) is 24.1 Å². The maximum absolute atomic E-state index is 13.3. The van der Waals surface area contributed by atoms with E-state index in [0.29, 0.717) is 0 Å². The summed E-state index contributed by atoms with van der Waals surface area (Å²) in [6.45, 7) is 1.75. The van der Waals surface area contributed by atoms with Crippen molar-refractivity contribution in [3.63, 3.8) is 0 Å². The van der Waals surface area contributed by atoms with E-state index in [9.17, 15) is 14.0 Å². The molecule has 114 valence electrons. The average Bonchev–Trinajstić information content (AvgIpc) is 2.97. The van der Waals surface area contributed by atoms with Crippen LogP contribution in [0.4, 0.5) is 4.39 Å². The summed E-state index contributed by atoms with van der Waals surface area (Å²) >= 11 is 0. The van der Waals surface area contributed by atoms with Crippen LogP contribution in [0.15, 0.2) is 24.3 Å². The van der Waals surface area contributed by atoms with Gasteiger partial charge in [0, 0.05) is 18.2 Å². The Balaban J connectivity index is 2.21. The summed E-state index contributed by atoms with van der Waals surface area (Å²) in [6, 6.07) is 5.61. The van der Waals surface area contributed by atoms with Crippen molar-refractivity contribution in [2.24, 2.45) is 5.92 Å². The number of benzene rings is 1. The lowest BCUT2D eigenvalue weighted by Crippen LogP contribution is -2.43. The highest BCUT2D eigenvalue weighted by Gasteiger charge is 2.30. The molecule has 1 aliphatic rings. The van der Waals surface area contributed by atoms with Gasteiger partial charge in [0.2, 0.25) is 0 Å². The van der Waals surface area contributed by atoms with E-state index >= 15 is 0 Å². The molecule has 1 saturated carbocycles. The molecule has 2 rings (SSSR count). The molecule has 21 heavy (non-hydrogen) atoms. The minimum absolute atomic E-state index is 0.0579. The second kappa shape index (κ2) is 6.70. The number of carboxylic acid groups (broad SMARTS) is 1. The molecular formula is C16H20FNO3. The third-order valence-electron chi connectivity index (χ3n) is 3.99. The third-order valence-corrected chi connectivity index (χ3v) is 3.99. The largest absolute Gasteiger partial charge is 0.481 e. The summed E-state index contributed by atoms with van der Waals surface area (Å²) in [5.41, 5.74) is 0.277. The molecule has 0 heterocycles. The van der Waals surface area contributed by atoms with Gasteiger partial charge in [-0.1, -0.05) is 25.8 Å². The number of amides is 1. The maximum Gasteiger partial charge on any atom is 0.308 e. The minimum atomic E-state index is -0.926. The van der Waals surface area contributed by atoms with Crippen molar-refractivity contribution in [3.05, 3.63) is 35.6 Å². The van der Waals surface area contributed by atoms with Crippen molar-refractivity contribution in [1.29, 1.82) is 0 Å². The summed E-state index contributed by atoms with van der Waals surface area (Å²) in [5.74, 6) is -2.30. The van der Waals surface area contributed by atoms with E-state index in [1.165, 1.54) is 18.2 Å². The van der Waals surface area contributed by atoms with Crippen LogP contribution in [0.2, 0.25) is 0 Å². The van der Waals surface area contributed by atoms with Gasteiger partial charge < -0.3 is 10.0 Å². The zero-order valence-corrected chi connectivity index (χ0v) is 12.1. The highest BCUT2D eigenvalue weighted by molar-refractivity contribution is 5.94. The molecule has 0 bridgehead atoms. The topological polar surface area (TPSA) is 57.6 Å². The zero-order valence-electron chi connectivity index (χ0n) is 12.1. The van der Waals surface area contributed by atoms with Crippen LogP contribution in [0.5, 0.6) is 0 Å². The molecule has 0 aromatic heterocycles. The zero-order chi connectivity index (χ0) is 15.4. The number of rotatable bonds is 5. The Labute approximate surface area is 123 Å². The van der Waals surface area contributed by atoms with Crippen molar-refractivity contribution >= 4 is 11.9 Å². The Bertz CT molecular complexity index is 526. The van der Waals surface area contributed by atoms with Gasteiger partial charge in [-0.3, -0.25) is 9.59 Å². The molecule has 0 radical (unpaired) electrons. The first-order valence-electron chi connectivity index (χ1n) is 7.28. The molecule has 1 unspecified atom stereocenters. The fraction of sp³-hybridized carbons (Fsp3) is 0.500. The molecule has 1 amide bonds. The summed E-state index contributed by atoms with van der Waals surface area (Å²) in [5, 5.41) is 9.07. The van der Waals surface area contributed by atoms with Crippen LogP contribution in [0.3, 0.4) is 0 Å². The van der Waals surface area contributed by atoms with Gasteiger partial charge >= 0.3 is 5.97 Å². The molecule has 5 heteroatoms. The fourth-order valence-electron chi connectivity index (χ4n) is 2.77. The normalized spacial score (nSPS) is 16.7. The van der Waals surface area contributed by atoms with Crippen LogP contribution in [-0.2, 0) is 4.79 Å². The van der Waals surface area contributed by atoms with Gasteiger partial charge in [-0.2, -0.15) is 0 Å². The number of hydrogen-bond donors (Lipinski definition) is 1. The summed E-state index contributed by atoms with van der Waals surface area (Å²) in [7, 11) is 0. The molecule has 0 spiro atoms. The monoisotopic (exact) mass is 293 g/mol. The lowest BCUT2D eigenvalue weighted by molar-refractivity contribution is -0.141. The predicted octanol–water partition coefficient (Wildman–Crippen LogP) is 2.93. The second-order valence-corrected chi connectivity index (χ2v) is 5.65. The van der Waals surface area contributed by atoms with Crippen LogP contribution in [0.1, 0.15) is 43.0 Å². The molecule has 1 N–H and O–H groups in total. The Morgan fingerprint density at radius 1 is 1.38 bits per heavy atom. The van der Waals surface area contributed by atoms with Crippen LogP contribution in [0.25, 0.3) is 0 Å². The number of aliphatic carboxylic acids is 1. The van der Waals surface area contributed by atoms with E-state index < -0.39 is 17.7 Å². The standard InChI is InChI=1S/C16H20FNO3/c1-11(16(20)21)10-18(14-7-2-3-8-14)15(19)12-5-4-6-13(17)9-12/h4-6,9,11,14H,2-3,7-8,10H2,1H3,(H,20,21). The van der Waals surface area contributed by atoms with Crippen molar-refractivity contribution in [3.8, 4) is 0 Å². The average molecular weight is 293 g/mol. The first kappa shape index (κ1) is 15.5. The molecule has 4 nitrogen and oxygen atoms in total. The van der Waals surface area contributed by atoms with E-state index in [2.05, 4.69) is 0 Å². The van der Waals surface area contributed by atoms with E-state index in [1.807, 2.05) is 0 Å². The van der Waals surface area contributed by atoms with Crippen LogP contribution in [0, 0.1) is 11.7 Å². The molecule has 0 saturated heterocycles. The first-order chi connectivity index (χ1) is 9.99. The van der Waals surface area contributed by atoms with Crippen molar-refractivity contribution < 1.29 is 19.1 Å². The lowest BCUT2D eigenvalue weighted by Gasteiger charge is -2.30. The number of carbonyl (C=O) groups is 2. The molecule has 1 aromatic carbocycles. The first-order valence-corrected chi connectivity index (χ1v) is 7.28. The van der Waals surface area contributed by atoms with Crippen molar-refractivity contribution in [1.82, 2.24) is 4.90 Å². The predicted molar refractivity (Wildman–Crippen MR) is 76.5 cm³/mol. The molecular weight excluding hydrogens is 273 g/mol. The van der Waals surface area contributed by atoms with Crippen LogP contribution >= 0.6 is 0 Å². The Kier molecular flexibility index (Phi) is 4.94. The third kappa shape index (κ3) is 3.80. The smallest absolute Gasteiger partial charge is 0.308 e. The highest BCUT2D eigenvalue weighted by atomic mass is 19.1.